The fraction of sp³-hybridized carbons (Fsp3) is 0.238. The topological polar surface area (TPSA) is 64.3 Å². The van der Waals surface area contributed by atoms with Crippen LogP contribution >= 0.6 is 0 Å². The number of rotatable bonds is 4. The molecular formula is C21H22N4O. The highest BCUT2D eigenvalue weighted by molar-refractivity contribution is 5.68. The van der Waals surface area contributed by atoms with Gasteiger partial charge in [0.25, 0.3) is 0 Å². The van der Waals surface area contributed by atoms with Crippen LogP contribution in [0.1, 0.15) is 16.8 Å². The molecule has 0 saturated heterocycles. The Morgan fingerprint density at radius 1 is 1.15 bits per heavy atom. The fourth-order valence-electron chi connectivity index (χ4n) is 3.37. The van der Waals surface area contributed by atoms with Crippen molar-refractivity contribution in [3.05, 3.63) is 71.5 Å². The Morgan fingerprint density at radius 3 is 2.81 bits per heavy atom. The molecule has 2 heterocycles. The lowest BCUT2D eigenvalue weighted by Gasteiger charge is -2.28. The highest BCUT2D eigenvalue weighted by Crippen LogP contribution is 2.30. The van der Waals surface area contributed by atoms with Crippen molar-refractivity contribution in [1.82, 2.24) is 14.9 Å². The quantitative estimate of drug-likeness (QED) is 0.735. The molecule has 0 atom stereocenters. The second kappa shape index (κ2) is 7.14. The van der Waals surface area contributed by atoms with Crippen LogP contribution in [0.4, 0.5) is 5.69 Å². The van der Waals surface area contributed by atoms with Gasteiger partial charge in [0.15, 0.2) is 5.82 Å². The summed E-state index contributed by atoms with van der Waals surface area (Å²) < 4.78 is 5.44. The molecule has 1 aliphatic rings. The molecule has 5 heteroatoms. The van der Waals surface area contributed by atoms with Crippen molar-refractivity contribution in [3.8, 4) is 17.1 Å². The van der Waals surface area contributed by atoms with Crippen molar-refractivity contribution >= 4 is 5.69 Å². The van der Waals surface area contributed by atoms with Gasteiger partial charge in [-0.15, -0.1) is 0 Å². The van der Waals surface area contributed by atoms with E-state index in [9.17, 15) is 0 Å². The first-order valence-corrected chi connectivity index (χ1v) is 8.78. The summed E-state index contributed by atoms with van der Waals surface area (Å²) in [7, 11) is 1.64. The van der Waals surface area contributed by atoms with E-state index in [1.807, 2.05) is 18.3 Å². The highest BCUT2D eigenvalue weighted by atomic mass is 16.5. The molecule has 5 nitrogen and oxygen atoms in total. The lowest BCUT2D eigenvalue weighted by atomic mass is 10.1. The van der Waals surface area contributed by atoms with Gasteiger partial charge in [0.2, 0.25) is 0 Å². The average Bonchev–Trinajstić information content (AvgIpc) is 2.68. The van der Waals surface area contributed by atoms with Crippen LogP contribution in [0.5, 0.6) is 5.75 Å². The molecule has 0 spiro atoms. The van der Waals surface area contributed by atoms with Crippen molar-refractivity contribution in [1.29, 1.82) is 0 Å². The summed E-state index contributed by atoms with van der Waals surface area (Å²) in [5.74, 6) is 1.39. The third-order valence-electron chi connectivity index (χ3n) is 4.73. The number of nitrogens with zero attached hydrogens (tertiary/aromatic N) is 3. The number of fused-ring (bicyclic) bond motifs is 1. The number of benzene rings is 2. The Balaban J connectivity index is 1.56. The summed E-state index contributed by atoms with van der Waals surface area (Å²) in [6, 6.07) is 16.1. The summed E-state index contributed by atoms with van der Waals surface area (Å²) >= 11 is 0. The predicted octanol–water partition coefficient (Wildman–Crippen LogP) is 3.29. The van der Waals surface area contributed by atoms with E-state index in [2.05, 4.69) is 40.2 Å². The van der Waals surface area contributed by atoms with E-state index in [-0.39, 0.29) is 0 Å². The van der Waals surface area contributed by atoms with Crippen LogP contribution in [0.3, 0.4) is 0 Å². The summed E-state index contributed by atoms with van der Waals surface area (Å²) in [6.45, 7) is 2.83. The molecule has 0 amide bonds. The standard InChI is InChI=1S/C21H22N4O/c1-26-20-11-17(22)7-8-18(20)21-23-12-16-14-25(10-9-19(16)24-21)13-15-5-3-2-4-6-15/h2-8,11-12H,9-10,13-14,22H2,1H3. The maximum atomic E-state index is 5.84. The van der Waals surface area contributed by atoms with Gasteiger partial charge < -0.3 is 10.5 Å². The van der Waals surface area contributed by atoms with E-state index < -0.39 is 0 Å². The minimum Gasteiger partial charge on any atom is -0.496 e. The lowest BCUT2D eigenvalue weighted by molar-refractivity contribution is 0.243. The van der Waals surface area contributed by atoms with Crippen LogP contribution in [0.2, 0.25) is 0 Å². The Hall–Kier alpha value is -2.92. The third kappa shape index (κ3) is 3.39. The molecular weight excluding hydrogens is 324 g/mol. The molecule has 0 unspecified atom stereocenters. The van der Waals surface area contributed by atoms with Gasteiger partial charge >= 0.3 is 0 Å². The second-order valence-electron chi connectivity index (χ2n) is 6.57. The molecule has 2 N–H and O–H groups in total. The van der Waals surface area contributed by atoms with Crippen molar-refractivity contribution in [2.45, 2.75) is 19.5 Å². The molecule has 3 aromatic rings. The first-order valence-electron chi connectivity index (χ1n) is 8.78. The summed E-state index contributed by atoms with van der Waals surface area (Å²) in [4.78, 5) is 11.8. The molecule has 0 bridgehead atoms. The number of methoxy groups -OCH3 is 1. The van der Waals surface area contributed by atoms with Gasteiger partial charge in [0, 0.05) is 49.6 Å². The largest absolute Gasteiger partial charge is 0.496 e. The summed E-state index contributed by atoms with van der Waals surface area (Å²) in [6.07, 6.45) is 2.87. The second-order valence-corrected chi connectivity index (χ2v) is 6.57. The van der Waals surface area contributed by atoms with E-state index >= 15 is 0 Å². The number of anilines is 1. The summed E-state index contributed by atoms with van der Waals surface area (Å²) in [5, 5.41) is 0. The maximum Gasteiger partial charge on any atom is 0.163 e. The van der Waals surface area contributed by atoms with Crippen molar-refractivity contribution < 1.29 is 4.74 Å². The van der Waals surface area contributed by atoms with Crippen molar-refractivity contribution in [2.24, 2.45) is 0 Å². The Labute approximate surface area is 153 Å². The van der Waals surface area contributed by atoms with Gasteiger partial charge in [-0.1, -0.05) is 30.3 Å². The zero-order valence-corrected chi connectivity index (χ0v) is 14.9. The molecule has 0 aliphatic carbocycles. The molecule has 1 aliphatic heterocycles. The number of nitrogens with two attached hydrogens (primary N) is 1. The van der Waals surface area contributed by atoms with Gasteiger partial charge in [0.1, 0.15) is 5.75 Å². The van der Waals surface area contributed by atoms with Gasteiger partial charge in [-0.25, -0.2) is 9.97 Å². The smallest absolute Gasteiger partial charge is 0.163 e. The van der Waals surface area contributed by atoms with Crippen LogP contribution in [0.25, 0.3) is 11.4 Å². The highest BCUT2D eigenvalue weighted by Gasteiger charge is 2.19. The van der Waals surface area contributed by atoms with Crippen LogP contribution in [-0.4, -0.2) is 28.5 Å². The Kier molecular flexibility index (Phi) is 4.54. The number of hydrogen-bond acceptors (Lipinski definition) is 5. The minimum absolute atomic E-state index is 0.667. The van der Waals surface area contributed by atoms with Gasteiger partial charge in [0.05, 0.1) is 18.4 Å². The third-order valence-corrected chi connectivity index (χ3v) is 4.73. The summed E-state index contributed by atoms with van der Waals surface area (Å²) in [5.41, 5.74) is 11.0. The molecule has 132 valence electrons. The molecule has 0 radical (unpaired) electrons. The molecule has 4 rings (SSSR count). The molecule has 0 saturated carbocycles. The monoisotopic (exact) mass is 346 g/mol. The van der Waals surface area contributed by atoms with E-state index in [1.54, 1.807) is 13.2 Å². The van der Waals surface area contributed by atoms with E-state index in [1.165, 1.54) is 11.1 Å². The average molecular weight is 346 g/mol. The van der Waals surface area contributed by atoms with Crippen LogP contribution < -0.4 is 10.5 Å². The van der Waals surface area contributed by atoms with E-state index in [0.717, 1.165) is 37.3 Å². The van der Waals surface area contributed by atoms with Crippen LogP contribution in [0.15, 0.2) is 54.7 Å². The maximum absolute atomic E-state index is 5.84. The number of aromatic nitrogens is 2. The first-order chi connectivity index (χ1) is 12.7. The van der Waals surface area contributed by atoms with Crippen LogP contribution in [-0.2, 0) is 19.5 Å². The molecule has 2 aromatic carbocycles. The van der Waals surface area contributed by atoms with Gasteiger partial charge in [-0.2, -0.15) is 0 Å². The SMILES string of the molecule is COc1cc(N)ccc1-c1ncc2c(n1)CCN(Cc1ccccc1)C2. The Morgan fingerprint density at radius 2 is 2.00 bits per heavy atom. The van der Waals surface area contributed by atoms with Gasteiger partial charge in [-0.3, -0.25) is 4.90 Å². The zero-order valence-electron chi connectivity index (χ0n) is 14.9. The van der Waals surface area contributed by atoms with Crippen molar-refractivity contribution in [2.75, 3.05) is 19.4 Å². The number of ether oxygens (including phenoxy) is 1. The van der Waals surface area contributed by atoms with Crippen LogP contribution in [0, 0.1) is 0 Å². The molecule has 1 aromatic heterocycles. The minimum atomic E-state index is 0.667. The van der Waals surface area contributed by atoms with Crippen molar-refractivity contribution in [3.63, 3.8) is 0 Å². The molecule has 0 fully saturated rings. The normalized spacial score (nSPS) is 14.0. The first kappa shape index (κ1) is 16.5. The number of hydrogen-bond donors (Lipinski definition) is 1. The lowest BCUT2D eigenvalue weighted by Crippen LogP contribution is -2.30. The van der Waals surface area contributed by atoms with Gasteiger partial charge in [-0.05, 0) is 17.7 Å². The molecule has 26 heavy (non-hydrogen) atoms. The predicted molar refractivity (Wildman–Crippen MR) is 103 cm³/mol. The number of nitrogen functional groups attached to an aromatic ring is 1. The van der Waals surface area contributed by atoms with E-state index in [4.69, 9.17) is 15.5 Å². The fourth-order valence-corrected chi connectivity index (χ4v) is 3.37. The Bertz CT molecular complexity index is 911. The van der Waals surface area contributed by atoms with E-state index in [0.29, 0.717) is 17.3 Å². The zero-order chi connectivity index (χ0) is 17.9.